The van der Waals surface area contributed by atoms with Crippen LogP contribution in [0.25, 0.3) is 5.69 Å². The van der Waals surface area contributed by atoms with Gasteiger partial charge in [-0.3, -0.25) is 4.57 Å². The van der Waals surface area contributed by atoms with Crippen molar-refractivity contribution in [2.24, 2.45) is 0 Å². The molecule has 4 rings (SSSR count). The summed E-state index contributed by atoms with van der Waals surface area (Å²) in [5.74, 6) is 1.54. The van der Waals surface area contributed by atoms with E-state index in [1.807, 2.05) is 6.92 Å². The fraction of sp³-hybridized carbons (Fsp3) is 0.462. The summed E-state index contributed by atoms with van der Waals surface area (Å²) in [5.41, 5.74) is 4.11. The van der Waals surface area contributed by atoms with E-state index < -0.39 is 5.60 Å². The standard InChI is InChI=1S/C26H34N4O/c1-4-22-12-9-13-23(5-2)24(22)30-20(3)27-28-25(30)26(31)15-18-29(19-16-26)17-14-21-10-7-6-8-11-21/h6-13,31H,4-5,14-19H2,1-3H3. The van der Waals surface area contributed by atoms with E-state index in [1.54, 1.807) is 0 Å². The van der Waals surface area contributed by atoms with Gasteiger partial charge in [-0.1, -0.05) is 62.4 Å². The molecule has 5 heteroatoms. The highest BCUT2D eigenvalue weighted by Crippen LogP contribution is 2.35. The quantitative estimate of drug-likeness (QED) is 0.624. The lowest BCUT2D eigenvalue weighted by atomic mass is 9.89. The van der Waals surface area contributed by atoms with Gasteiger partial charge >= 0.3 is 0 Å². The molecule has 0 radical (unpaired) electrons. The minimum absolute atomic E-state index is 0.676. The van der Waals surface area contributed by atoms with E-state index in [0.29, 0.717) is 18.7 Å². The third kappa shape index (κ3) is 4.43. The van der Waals surface area contributed by atoms with E-state index in [-0.39, 0.29) is 0 Å². The number of rotatable bonds is 7. The smallest absolute Gasteiger partial charge is 0.169 e. The predicted molar refractivity (Wildman–Crippen MR) is 125 cm³/mol. The molecule has 0 aliphatic carbocycles. The fourth-order valence-electron chi connectivity index (χ4n) is 4.74. The van der Waals surface area contributed by atoms with Gasteiger partial charge in [0.25, 0.3) is 0 Å². The minimum Gasteiger partial charge on any atom is -0.382 e. The van der Waals surface area contributed by atoms with Crippen molar-refractivity contribution < 1.29 is 5.11 Å². The van der Waals surface area contributed by atoms with Crippen molar-refractivity contribution in [3.63, 3.8) is 0 Å². The molecule has 1 N–H and O–H groups in total. The molecule has 0 spiro atoms. The number of hydrogen-bond acceptors (Lipinski definition) is 4. The minimum atomic E-state index is -0.948. The average molecular weight is 419 g/mol. The number of para-hydroxylation sites is 1. The summed E-state index contributed by atoms with van der Waals surface area (Å²) < 4.78 is 2.12. The van der Waals surface area contributed by atoms with Gasteiger partial charge in [0.2, 0.25) is 0 Å². The predicted octanol–water partition coefficient (Wildman–Crippen LogP) is 4.23. The molecule has 2 heterocycles. The van der Waals surface area contributed by atoms with Gasteiger partial charge < -0.3 is 10.0 Å². The van der Waals surface area contributed by atoms with Crippen molar-refractivity contribution in [3.05, 3.63) is 76.9 Å². The lowest BCUT2D eigenvalue weighted by Gasteiger charge is -2.38. The van der Waals surface area contributed by atoms with Gasteiger partial charge in [-0.25, -0.2) is 0 Å². The summed E-state index contributed by atoms with van der Waals surface area (Å²) in [6.45, 7) is 9.09. The second-order valence-electron chi connectivity index (χ2n) is 8.65. The Balaban J connectivity index is 1.55. The largest absolute Gasteiger partial charge is 0.382 e. The van der Waals surface area contributed by atoms with Crippen LogP contribution in [0.3, 0.4) is 0 Å². The van der Waals surface area contributed by atoms with E-state index in [9.17, 15) is 5.11 Å². The van der Waals surface area contributed by atoms with Gasteiger partial charge in [-0.15, -0.1) is 10.2 Å². The van der Waals surface area contributed by atoms with Gasteiger partial charge in [-0.2, -0.15) is 0 Å². The Labute approximate surface area is 185 Å². The van der Waals surface area contributed by atoms with E-state index >= 15 is 0 Å². The zero-order chi connectivity index (χ0) is 21.8. The summed E-state index contributed by atoms with van der Waals surface area (Å²) in [7, 11) is 0. The highest BCUT2D eigenvalue weighted by Gasteiger charge is 2.39. The van der Waals surface area contributed by atoms with E-state index in [1.165, 1.54) is 16.7 Å². The van der Waals surface area contributed by atoms with Gasteiger partial charge in [0.1, 0.15) is 11.4 Å². The van der Waals surface area contributed by atoms with Crippen LogP contribution in [0.4, 0.5) is 0 Å². The molecule has 1 aromatic heterocycles. The lowest BCUT2D eigenvalue weighted by Crippen LogP contribution is -2.44. The Bertz CT molecular complexity index is 981. The zero-order valence-corrected chi connectivity index (χ0v) is 19.0. The van der Waals surface area contributed by atoms with E-state index in [2.05, 4.69) is 82.0 Å². The first-order chi connectivity index (χ1) is 15.1. The molecule has 3 aromatic rings. The molecule has 0 amide bonds. The summed E-state index contributed by atoms with van der Waals surface area (Å²) in [5, 5.41) is 20.6. The van der Waals surface area contributed by atoms with Gasteiger partial charge in [0.15, 0.2) is 5.82 Å². The Morgan fingerprint density at radius 3 is 2.16 bits per heavy atom. The Morgan fingerprint density at radius 2 is 1.55 bits per heavy atom. The highest BCUT2D eigenvalue weighted by atomic mass is 16.3. The first-order valence-corrected chi connectivity index (χ1v) is 11.6. The Kier molecular flexibility index (Phi) is 6.54. The lowest BCUT2D eigenvalue weighted by molar-refractivity contribution is -0.0340. The molecular formula is C26H34N4O. The van der Waals surface area contributed by atoms with Crippen molar-refractivity contribution in [2.75, 3.05) is 19.6 Å². The number of aryl methyl sites for hydroxylation is 3. The number of piperidine rings is 1. The number of hydrogen-bond donors (Lipinski definition) is 1. The molecule has 1 aliphatic rings. The summed E-state index contributed by atoms with van der Waals surface area (Å²) in [4.78, 5) is 2.45. The molecule has 1 saturated heterocycles. The maximum Gasteiger partial charge on any atom is 0.169 e. The fourth-order valence-corrected chi connectivity index (χ4v) is 4.74. The normalized spacial score (nSPS) is 16.5. The number of nitrogens with zero attached hydrogens (tertiary/aromatic N) is 4. The van der Waals surface area contributed by atoms with Crippen molar-refractivity contribution in [3.8, 4) is 5.69 Å². The van der Waals surface area contributed by atoms with Crippen LogP contribution in [-0.4, -0.2) is 44.4 Å². The average Bonchev–Trinajstić information content (AvgIpc) is 3.20. The topological polar surface area (TPSA) is 54.2 Å². The third-order valence-corrected chi connectivity index (χ3v) is 6.67. The molecule has 1 aliphatic heterocycles. The molecule has 5 nitrogen and oxygen atoms in total. The second kappa shape index (κ2) is 9.33. The van der Waals surface area contributed by atoms with Crippen LogP contribution in [0, 0.1) is 6.92 Å². The molecule has 0 atom stereocenters. The van der Waals surface area contributed by atoms with Crippen LogP contribution in [0.1, 0.15) is 55.0 Å². The first-order valence-electron chi connectivity index (χ1n) is 11.6. The van der Waals surface area contributed by atoms with Crippen molar-refractivity contribution in [1.29, 1.82) is 0 Å². The number of aromatic nitrogens is 3. The molecule has 0 bridgehead atoms. The monoisotopic (exact) mass is 418 g/mol. The van der Waals surface area contributed by atoms with Gasteiger partial charge in [-0.05, 0) is 55.7 Å². The van der Waals surface area contributed by atoms with Crippen LogP contribution < -0.4 is 0 Å². The molecule has 0 unspecified atom stereocenters. The summed E-state index contributed by atoms with van der Waals surface area (Å²) in [6, 6.07) is 17.1. The van der Waals surface area contributed by atoms with Crippen LogP contribution in [0.5, 0.6) is 0 Å². The molecule has 0 saturated carbocycles. The number of aliphatic hydroxyl groups is 1. The second-order valence-corrected chi connectivity index (χ2v) is 8.65. The summed E-state index contributed by atoms with van der Waals surface area (Å²) >= 11 is 0. The molecule has 164 valence electrons. The van der Waals surface area contributed by atoms with Crippen LogP contribution in [0.2, 0.25) is 0 Å². The number of benzene rings is 2. The Morgan fingerprint density at radius 1 is 0.903 bits per heavy atom. The number of likely N-dealkylation sites (tertiary alicyclic amines) is 1. The van der Waals surface area contributed by atoms with Crippen LogP contribution >= 0.6 is 0 Å². The zero-order valence-electron chi connectivity index (χ0n) is 19.0. The van der Waals surface area contributed by atoms with E-state index in [4.69, 9.17) is 0 Å². The maximum absolute atomic E-state index is 11.7. The molecule has 31 heavy (non-hydrogen) atoms. The van der Waals surface area contributed by atoms with E-state index in [0.717, 1.165) is 50.4 Å². The Hall–Kier alpha value is -2.50. The summed E-state index contributed by atoms with van der Waals surface area (Å²) in [6.07, 6.45) is 4.27. The molecular weight excluding hydrogens is 384 g/mol. The molecule has 1 fully saturated rings. The van der Waals surface area contributed by atoms with Crippen LogP contribution in [-0.2, 0) is 24.9 Å². The highest BCUT2D eigenvalue weighted by molar-refractivity contribution is 5.50. The first kappa shape index (κ1) is 21.7. The third-order valence-electron chi connectivity index (χ3n) is 6.67. The van der Waals surface area contributed by atoms with Gasteiger partial charge in [0.05, 0.1) is 5.69 Å². The SMILES string of the molecule is CCc1cccc(CC)c1-n1c(C)nnc1C1(O)CCN(CCc2ccccc2)CC1. The van der Waals surface area contributed by atoms with Crippen molar-refractivity contribution >= 4 is 0 Å². The van der Waals surface area contributed by atoms with Crippen molar-refractivity contribution in [1.82, 2.24) is 19.7 Å². The van der Waals surface area contributed by atoms with Crippen LogP contribution in [0.15, 0.2) is 48.5 Å². The van der Waals surface area contributed by atoms with Gasteiger partial charge in [0, 0.05) is 19.6 Å². The van der Waals surface area contributed by atoms with Crippen molar-refractivity contribution in [2.45, 2.75) is 58.5 Å². The maximum atomic E-state index is 11.7. The molecule has 2 aromatic carbocycles.